The summed E-state index contributed by atoms with van der Waals surface area (Å²) in [6.07, 6.45) is 4.68. The van der Waals surface area contributed by atoms with Gasteiger partial charge >= 0.3 is 0 Å². The molecule has 0 saturated carbocycles. The number of H-pyrrole nitrogens is 1. The molecule has 4 nitrogen and oxygen atoms in total. The van der Waals surface area contributed by atoms with Crippen LogP contribution in [0.4, 0.5) is 0 Å². The molecule has 2 heterocycles. The van der Waals surface area contributed by atoms with E-state index >= 15 is 0 Å². The van der Waals surface area contributed by atoms with Crippen LogP contribution in [0.5, 0.6) is 5.75 Å². The summed E-state index contributed by atoms with van der Waals surface area (Å²) in [6.45, 7) is 3.00. The van der Waals surface area contributed by atoms with Crippen molar-refractivity contribution in [3.05, 3.63) is 12.4 Å². The van der Waals surface area contributed by atoms with Crippen LogP contribution in [0.25, 0.3) is 0 Å². The molecule has 1 aromatic rings. The second kappa shape index (κ2) is 3.58. The summed E-state index contributed by atoms with van der Waals surface area (Å²) in [7, 11) is 0. The minimum Gasteiger partial charge on any atom is -0.490 e. The molecule has 1 aliphatic rings. The molecule has 0 aromatic carbocycles. The molecular weight excluding hydrogens is 154 g/mol. The Morgan fingerprint density at radius 2 is 2.67 bits per heavy atom. The Kier molecular flexibility index (Phi) is 2.27. The molecule has 0 spiro atoms. The van der Waals surface area contributed by atoms with Crippen molar-refractivity contribution in [2.45, 2.75) is 6.42 Å². The lowest BCUT2D eigenvalue weighted by atomic mass is 10.1. The minimum absolute atomic E-state index is 0.667. The first-order valence-corrected chi connectivity index (χ1v) is 4.27. The zero-order valence-electron chi connectivity index (χ0n) is 6.92. The Morgan fingerprint density at radius 1 is 1.67 bits per heavy atom. The number of nitrogens with one attached hydrogen (secondary N) is 2. The average Bonchev–Trinajstić information content (AvgIpc) is 2.74. The fourth-order valence-corrected chi connectivity index (χ4v) is 1.39. The van der Waals surface area contributed by atoms with Crippen molar-refractivity contribution in [3.63, 3.8) is 0 Å². The normalized spacial score (nSPS) is 22.8. The Balaban J connectivity index is 1.74. The summed E-state index contributed by atoms with van der Waals surface area (Å²) >= 11 is 0. The van der Waals surface area contributed by atoms with E-state index < -0.39 is 0 Å². The number of rotatable bonds is 3. The number of ether oxygens (including phenoxy) is 1. The highest BCUT2D eigenvalue weighted by atomic mass is 16.5. The van der Waals surface area contributed by atoms with Gasteiger partial charge < -0.3 is 10.1 Å². The molecule has 2 N–H and O–H groups in total. The molecule has 12 heavy (non-hydrogen) atoms. The van der Waals surface area contributed by atoms with Crippen LogP contribution in [-0.2, 0) is 0 Å². The van der Waals surface area contributed by atoms with Gasteiger partial charge in [0.2, 0.25) is 0 Å². The van der Waals surface area contributed by atoms with E-state index in [4.69, 9.17) is 4.74 Å². The zero-order valence-corrected chi connectivity index (χ0v) is 6.92. The van der Waals surface area contributed by atoms with Crippen LogP contribution in [0.15, 0.2) is 12.4 Å². The van der Waals surface area contributed by atoms with Crippen LogP contribution in [0.2, 0.25) is 0 Å². The standard InChI is InChI=1S/C8H13N3O/c1-2-9-3-7(1)6-12-8-4-10-11-5-8/h4-5,7,9H,1-3,6H2,(H,10,11). The molecule has 1 aliphatic heterocycles. The van der Waals surface area contributed by atoms with E-state index in [9.17, 15) is 0 Å². The van der Waals surface area contributed by atoms with E-state index in [0.29, 0.717) is 5.92 Å². The maximum Gasteiger partial charge on any atom is 0.156 e. The first-order valence-electron chi connectivity index (χ1n) is 4.27. The molecular formula is C8H13N3O. The number of nitrogens with zero attached hydrogens (tertiary/aromatic N) is 1. The van der Waals surface area contributed by atoms with Gasteiger partial charge in [0.1, 0.15) is 0 Å². The van der Waals surface area contributed by atoms with Gasteiger partial charge in [-0.1, -0.05) is 0 Å². The molecule has 1 atom stereocenters. The highest BCUT2D eigenvalue weighted by molar-refractivity contribution is 5.10. The number of aromatic nitrogens is 2. The third-order valence-corrected chi connectivity index (χ3v) is 2.12. The second-order valence-corrected chi connectivity index (χ2v) is 3.10. The van der Waals surface area contributed by atoms with E-state index in [1.54, 1.807) is 12.4 Å². The number of hydrogen-bond acceptors (Lipinski definition) is 3. The van der Waals surface area contributed by atoms with Crippen molar-refractivity contribution in [2.24, 2.45) is 5.92 Å². The van der Waals surface area contributed by atoms with Gasteiger partial charge in [0, 0.05) is 12.5 Å². The fraction of sp³-hybridized carbons (Fsp3) is 0.625. The van der Waals surface area contributed by atoms with Gasteiger partial charge in [-0.15, -0.1) is 0 Å². The van der Waals surface area contributed by atoms with Crippen LogP contribution in [-0.4, -0.2) is 29.9 Å². The van der Waals surface area contributed by atoms with Gasteiger partial charge in [-0.3, -0.25) is 5.10 Å². The van der Waals surface area contributed by atoms with Crippen LogP contribution in [0.1, 0.15) is 6.42 Å². The van der Waals surface area contributed by atoms with Crippen molar-refractivity contribution >= 4 is 0 Å². The fourth-order valence-electron chi connectivity index (χ4n) is 1.39. The second-order valence-electron chi connectivity index (χ2n) is 3.10. The molecule has 0 amide bonds. The van der Waals surface area contributed by atoms with Gasteiger partial charge in [-0.2, -0.15) is 5.10 Å². The van der Waals surface area contributed by atoms with Gasteiger partial charge in [-0.25, -0.2) is 0 Å². The molecule has 66 valence electrons. The monoisotopic (exact) mass is 167 g/mol. The third kappa shape index (κ3) is 1.76. The van der Waals surface area contributed by atoms with E-state index in [0.717, 1.165) is 25.4 Å². The first-order chi connectivity index (χ1) is 5.95. The molecule has 0 bridgehead atoms. The van der Waals surface area contributed by atoms with Gasteiger partial charge in [-0.05, 0) is 13.0 Å². The highest BCUT2D eigenvalue weighted by Gasteiger charge is 2.14. The van der Waals surface area contributed by atoms with Crippen molar-refractivity contribution in [1.82, 2.24) is 15.5 Å². The Morgan fingerprint density at radius 3 is 3.33 bits per heavy atom. The summed E-state index contributed by atoms with van der Waals surface area (Å²) in [4.78, 5) is 0. The Bertz CT molecular complexity index is 216. The van der Waals surface area contributed by atoms with Crippen molar-refractivity contribution in [1.29, 1.82) is 0 Å². The molecule has 4 heteroatoms. The molecule has 1 fully saturated rings. The highest BCUT2D eigenvalue weighted by Crippen LogP contribution is 2.11. The number of aromatic amines is 1. The lowest BCUT2D eigenvalue weighted by Gasteiger charge is -2.07. The topological polar surface area (TPSA) is 49.9 Å². The predicted octanol–water partition coefficient (Wildman–Crippen LogP) is 0.398. The van der Waals surface area contributed by atoms with E-state index in [2.05, 4.69) is 15.5 Å². The summed E-state index contributed by atoms with van der Waals surface area (Å²) in [6, 6.07) is 0. The Hall–Kier alpha value is -1.03. The minimum atomic E-state index is 0.667. The van der Waals surface area contributed by atoms with Crippen LogP contribution < -0.4 is 10.1 Å². The lowest BCUT2D eigenvalue weighted by molar-refractivity contribution is 0.260. The van der Waals surface area contributed by atoms with Crippen molar-refractivity contribution < 1.29 is 4.74 Å². The smallest absolute Gasteiger partial charge is 0.156 e. The molecule has 2 rings (SSSR count). The van der Waals surface area contributed by atoms with Crippen LogP contribution in [0, 0.1) is 5.92 Å². The maximum absolute atomic E-state index is 5.50. The molecule has 0 radical (unpaired) electrons. The Labute approximate surface area is 71.3 Å². The average molecular weight is 167 g/mol. The summed E-state index contributed by atoms with van der Waals surface area (Å²) in [5.74, 6) is 1.50. The van der Waals surface area contributed by atoms with Crippen LogP contribution >= 0.6 is 0 Å². The lowest BCUT2D eigenvalue weighted by Crippen LogP contribution is -2.15. The van der Waals surface area contributed by atoms with Crippen LogP contribution in [0.3, 0.4) is 0 Å². The van der Waals surface area contributed by atoms with Gasteiger partial charge in [0.05, 0.1) is 19.0 Å². The van der Waals surface area contributed by atoms with Crippen molar-refractivity contribution in [2.75, 3.05) is 19.7 Å². The molecule has 1 saturated heterocycles. The zero-order chi connectivity index (χ0) is 8.23. The summed E-state index contributed by atoms with van der Waals surface area (Å²) in [5.41, 5.74) is 0. The first kappa shape index (κ1) is 7.61. The quantitative estimate of drug-likeness (QED) is 0.685. The van der Waals surface area contributed by atoms with E-state index in [1.165, 1.54) is 6.42 Å². The van der Waals surface area contributed by atoms with E-state index in [-0.39, 0.29) is 0 Å². The summed E-state index contributed by atoms with van der Waals surface area (Å²) < 4.78 is 5.50. The largest absolute Gasteiger partial charge is 0.490 e. The van der Waals surface area contributed by atoms with Crippen molar-refractivity contribution in [3.8, 4) is 5.75 Å². The predicted molar refractivity (Wildman–Crippen MR) is 45.1 cm³/mol. The summed E-state index contributed by atoms with van der Waals surface area (Å²) in [5, 5.41) is 9.82. The maximum atomic E-state index is 5.50. The van der Waals surface area contributed by atoms with Gasteiger partial charge in [0.15, 0.2) is 5.75 Å². The van der Waals surface area contributed by atoms with E-state index in [1.807, 2.05) is 0 Å². The molecule has 1 aromatic heterocycles. The molecule has 1 unspecified atom stereocenters. The third-order valence-electron chi connectivity index (χ3n) is 2.12. The SMILES string of the molecule is c1n[nH]cc1OCC1CCNC1. The number of hydrogen-bond donors (Lipinski definition) is 2. The molecule has 0 aliphatic carbocycles. The van der Waals surface area contributed by atoms with Gasteiger partial charge in [0.25, 0.3) is 0 Å².